The lowest BCUT2D eigenvalue weighted by molar-refractivity contribution is -0.384. The van der Waals surface area contributed by atoms with Crippen LogP contribution in [0.1, 0.15) is 28.8 Å². The number of nitrogens with zero attached hydrogens (tertiary/aromatic N) is 2. The Bertz CT molecular complexity index is 948. The van der Waals surface area contributed by atoms with Gasteiger partial charge in [0, 0.05) is 25.7 Å². The maximum absolute atomic E-state index is 12.3. The van der Waals surface area contributed by atoms with Gasteiger partial charge in [-0.2, -0.15) is 0 Å². The van der Waals surface area contributed by atoms with E-state index in [9.17, 15) is 24.5 Å². The Hall–Kier alpha value is -3.69. The molecule has 0 spiro atoms. The summed E-state index contributed by atoms with van der Waals surface area (Å²) in [7, 11) is 0. The highest BCUT2D eigenvalue weighted by Crippen LogP contribution is 2.25. The number of nitrogens with one attached hydrogen (secondary N) is 2. The van der Waals surface area contributed by atoms with E-state index in [1.807, 2.05) is 0 Å². The lowest BCUT2D eigenvalue weighted by Crippen LogP contribution is -2.43. The summed E-state index contributed by atoms with van der Waals surface area (Å²) in [4.78, 5) is 48.7. The van der Waals surface area contributed by atoms with Crippen LogP contribution in [-0.2, 0) is 9.59 Å². The van der Waals surface area contributed by atoms with Crippen molar-refractivity contribution >= 4 is 29.1 Å². The third kappa shape index (κ3) is 5.02. The molecule has 2 heterocycles. The molecule has 3 amide bonds. The molecule has 10 nitrogen and oxygen atoms in total. The van der Waals surface area contributed by atoms with Crippen LogP contribution in [0, 0.1) is 23.0 Å². The zero-order valence-corrected chi connectivity index (χ0v) is 16.4. The van der Waals surface area contributed by atoms with E-state index >= 15 is 0 Å². The minimum Gasteiger partial charge on any atom is -0.472 e. The van der Waals surface area contributed by atoms with Gasteiger partial charge in [0.2, 0.25) is 0 Å². The molecule has 1 aliphatic rings. The molecule has 2 N–H and O–H groups in total. The minimum absolute atomic E-state index is 0.0307. The fourth-order valence-corrected chi connectivity index (χ4v) is 3.30. The Labute approximate surface area is 172 Å². The Morgan fingerprint density at radius 1 is 1.20 bits per heavy atom. The Morgan fingerprint density at radius 2 is 1.93 bits per heavy atom. The van der Waals surface area contributed by atoms with Gasteiger partial charge in [0.25, 0.3) is 11.6 Å². The molecule has 2 aromatic rings. The van der Waals surface area contributed by atoms with E-state index in [2.05, 4.69) is 10.6 Å². The van der Waals surface area contributed by atoms with Gasteiger partial charge in [-0.25, -0.2) is 0 Å². The predicted molar refractivity (Wildman–Crippen MR) is 107 cm³/mol. The van der Waals surface area contributed by atoms with Gasteiger partial charge in [0.15, 0.2) is 0 Å². The lowest BCUT2D eigenvalue weighted by atomic mass is 9.96. The maximum atomic E-state index is 12.3. The minimum atomic E-state index is -0.963. The number of nitro benzene ring substituents is 1. The standard InChI is InChI=1S/C20H22N4O6/c1-13-2-3-16(17(10-13)24(28)29)22-19(26)18(25)21-11-14-4-7-23(8-5-14)20(27)15-6-9-30-12-15/h2-3,6,9-10,12,14H,4-5,7-8,11H2,1H3,(H,21,25)(H,22,26). The summed E-state index contributed by atoms with van der Waals surface area (Å²) in [6, 6.07) is 5.95. The number of carbonyl (C=O) groups excluding carboxylic acids is 3. The first kappa shape index (κ1) is 21.0. The number of anilines is 1. The molecule has 0 aliphatic carbocycles. The molecule has 158 valence electrons. The smallest absolute Gasteiger partial charge is 0.313 e. The van der Waals surface area contributed by atoms with Crippen LogP contribution in [0.2, 0.25) is 0 Å². The monoisotopic (exact) mass is 414 g/mol. The molecule has 0 atom stereocenters. The summed E-state index contributed by atoms with van der Waals surface area (Å²) in [5.41, 5.74) is 0.869. The van der Waals surface area contributed by atoms with Gasteiger partial charge in [-0.05, 0) is 43.4 Å². The SMILES string of the molecule is Cc1ccc(NC(=O)C(=O)NCC2CCN(C(=O)c3ccoc3)CC2)c([N+](=O)[O-])c1. The number of furan rings is 1. The average molecular weight is 414 g/mol. The van der Waals surface area contributed by atoms with Crippen molar-refractivity contribution in [3.63, 3.8) is 0 Å². The summed E-state index contributed by atoms with van der Waals surface area (Å²) in [5, 5.41) is 16.0. The first-order valence-corrected chi connectivity index (χ1v) is 9.51. The molecule has 1 saturated heterocycles. The van der Waals surface area contributed by atoms with Crippen LogP contribution in [0.5, 0.6) is 0 Å². The largest absolute Gasteiger partial charge is 0.472 e. The van der Waals surface area contributed by atoms with Crippen molar-refractivity contribution in [2.24, 2.45) is 5.92 Å². The molecular weight excluding hydrogens is 392 g/mol. The van der Waals surface area contributed by atoms with E-state index in [-0.39, 0.29) is 29.7 Å². The highest BCUT2D eigenvalue weighted by atomic mass is 16.6. The number of hydrogen-bond donors (Lipinski definition) is 2. The molecular formula is C20H22N4O6. The third-order valence-corrected chi connectivity index (χ3v) is 5.03. The number of benzene rings is 1. The quantitative estimate of drug-likeness (QED) is 0.437. The molecule has 10 heteroatoms. The highest BCUT2D eigenvalue weighted by Gasteiger charge is 2.26. The summed E-state index contributed by atoms with van der Waals surface area (Å²) < 4.78 is 4.93. The molecule has 1 aromatic heterocycles. The molecule has 1 aromatic carbocycles. The van der Waals surface area contributed by atoms with Crippen molar-refractivity contribution in [2.45, 2.75) is 19.8 Å². The van der Waals surface area contributed by atoms with Crippen molar-refractivity contribution in [2.75, 3.05) is 25.0 Å². The second-order valence-corrected chi connectivity index (χ2v) is 7.19. The molecule has 30 heavy (non-hydrogen) atoms. The van der Waals surface area contributed by atoms with Gasteiger partial charge >= 0.3 is 11.8 Å². The fourth-order valence-electron chi connectivity index (χ4n) is 3.30. The van der Waals surface area contributed by atoms with Crippen LogP contribution in [0.3, 0.4) is 0 Å². The zero-order valence-electron chi connectivity index (χ0n) is 16.4. The number of carbonyl (C=O) groups is 3. The van der Waals surface area contributed by atoms with Crippen molar-refractivity contribution in [3.8, 4) is 0 Å². The van der Waals surface area contributed by atoms with Crippen LogP contribution < -0.4 is 10.6 Å². The normalized spacial score (nSPS) is 14.2. The fraction of sp³-hybridized carbons (Fsp3) is 0.350. The number of rotatable bonds is 5. The van der Waals surface area contributed by atoms with Crippen LogP contribution in [0.4, 0.5) is 11.4 Å². The highest BCUT2D eigenvalue weighted by molar-refractivity contribution is 6.39. The molecule has 1 aliphatic heterocycles. The molecule has 0 saturated carbocycles. The molecule has 3 rings (SSSR count). The first-order valence-electron chi connectivity index (χ1n) is 9.51. The molecule has 0 unspecified atom stereocenters. The first-order chi connectivity index (χ1) is 14.3. The van der Waals surface area contributed by atoms with Crippen LogP contribution in [0.25, 0.3) is 0 Å². The number of piperidine rings is 1. The zero-order chi connectivity index (χ0) is 21.7. The Kier molecular flexibility index (Phi) is 6.45. The summed E-state index contributed by atoms with van der Waals surface area (Å²) in [6.07, 6.45) is 4.24. The van der Waals surface area contributed by atoms with Crippen molar-refractivity contribution in [1.82, 2.24) is 10.2 Å². The van der Waals surface area contributed by atoms with E-state index in [0.29, 0.717) is 37.1 Å². The predicted octanol–water partition coefficient (Wildman–Crippen LogP) is 2.10. The molecule has 0 bridgehead atoms. The van der Waals surface area contributed by atoms with E-state index in [4.69, 9.17) is 4.42 Å². The summed E-state index contributed by atoms with van der Waals surface area (Å²) >= 11 is 0. The van der Waals surface area contributed by atoms with Crippen LogP contribution in [-0.4, -0.2) is 47.2 Å². The topological polar surface area (TPSA) is 135 Å². The number of aryl methyl sites for hydroxylation is 1. The van der Waals surface area contributed by atoms with Gasteiger partial charge in [0.1, 0.15) is 12.0 Å². The lowest BCUT2D eigenvalue weighted by Gasteiger charge is -2.31. The number of likely N-dealkylation sites (tertiary alicyclic amines) is 1. The number of amides is 3. The van der Waals surface area contributed by atoms with Crippen molar-refractivity contribution in [1.29, 1.82) is 0 Å². The van der Waals surface area contributed by atoms with E-state index in [0.717, 1.165) is 0 Å². The average Bonchev–Trinajstić information content (AvgIpc) is 3.27. The van der Waals surface area contributed by atoms with Crippen molar-refractivity contribution in [3.05, 3.63) is 58.0 Å². The van der Waals surface area contributed by atoms with Gasteiger partial charge in [-0.3, -0.25) is 24.5 Å². The van der Waals surface area contributed by atoms with Gasteiger partial charge < -0.3 is 20.0 Å². The second-order valence-electron chi connectivity index (χ2n) is 7.19. The molecule has 0 radical (unpaired) electrons. The summed E-state index contributed by atoms with van der Waals surface area (Å²) in [5.74, 6) is -1.79. The third-order valence-electron chi connectivity index (χ3n) is 5.03. The van der Waals surface area contributed by atoms with Gasteiger partial charge in [-0.1, -0.05) is 6.07 Å². The van der Waals surface area contributed by atoms with E-state index in [1.165, 1.54) is 24.7 Å². The Balaban J connectivity index is 1.47. The van der Waals surface area contributed by atoms with E-state index in [1.54, 1.807) is 24.0 Å². The second kappa shape index (κ2) is 9.21. The summed E-state index contributed by atoms with van der Waals surface area (Å²) in [6.45, 7) is 3.08. The Morgan fingerprint density at radius 3 is 2.57 bits per heavy atom. The van der Waals surface area contributed by atoms with Gasteiger partial charge in [0.05, 0.1) is 16.7 Å². The molecule has 1 fully saturated rings. The van der Waals surface area contributed by atoms with Crippen LogP contribution >= 0.6 is 0 Å². The number of hydrogen-bond acceptors (Lipinski definition) is 6. The van der Waals surface area contributed by atoms with Crippen LogP contribution in [0.15, 0.2) is 41.2 Å². The van der Waals surface area contributed by atoms with E-state index < -0.39 is 16.7 Å². The number of nitro groups is 1. The van der Waals surface area contributed by atoms with Crippen molar-refractivity contribution < 1.29 is 23.7 Å². The van der Waals surface area contributed by atoms with Gasteiger partial charge in [-0.15, -0.1) is 0 Å². The maximum Gasteiger partial charge on any atom is 0.313 e.